The van der Waals surface area contributed by atoms with Crippen molar-refractivity contribution in [2.75, 3.05) is 0 Å². The molecule has 0 aliphatic rings. The molecule has 0 atom stereocenters. The van der Waals surface area contributed by atoms with Gasteiger partial charge in [0.2, 0.25) is 0 Å². The molecule has 0 amide bonds. The van der Waals surface area contributed by atoms with E-state index in [0.717, 1.165) is 6.07 Å². The molecule has 74 valence electrons. The summed E-state index contributed by atoms with van der Waals surface area (Å²) < 4.78 is 24.9. The largest absolute Gasteiger partial charge is 0.207 e. The number of halogens is 2. The first-order valence-corrected chi connectivity index (χ1v) is 4.59. The summed E-state index contributed by atoms with van der Waals surface area (Å²) in [7, 11) is 0. The fourth-order valence-electron chi connectivity index (χ4n) is 0.808. The Balaban J connectivity index is 0.000000424. The van der Waals surface area contributed by atoms with Gasteiger partial charge in [-0.2, -0.15) is 0 Å². The number of rotatable bonds is 1. The fourth-order valence-corrected chi connectivity index (χ4v) is 0.808. The molecule has 0 radical (unpaired) electrons. The van der Waals surface area contributed by atoms with Gasteiger partial charge in [-0.25, -0.2) is 8.78 Å². The van der Waals surface area contributed by atoms with E-state index in [-0.39, 0.29) is 0 Å². The zero-order valence-electron chi connectivity index (χ0n) is 8.40. The fraction of sp³-hybridized carbons (Fsp3) is 0.455. The zero-order valence-corrected chi connectivity index (χ0v) is 8.40. The number of hydrogen-bond donors (Lipinski definition) is 0. The molecular formula is C11H16F2. The Morgan fingerprint density at radius 2 is 1.62 bits per heavy atom. The van der Waals surface area contributed by atoms with Crippen molar-refractivity contribution < 1.29 is 8.78 Å². The topological polar surface area (TPSA) is 0 Å². The van der Waals surface area contributed by atoms with Crippen LogP contribution in [-0.4, -0.2) is 0 Å². The third kappa shape index (κ3) is 4.61. The van der Waals surface area contributed by atoms with Crippen molar-refractivity contribution in [3.8, 4) is 0 Å². The molecule has 0 spiro atoms. The Morgan fingerprint density at radius 1 is 1.08 bits per heavy atom. The van der Waals surface area contributed by atoms with Crippen molar-refractivity contribution in [3.05, 3.63) is 35.4 Å². The lowest BCUT2D eigenvalue weighted by Gasteiger charge is -1.96. The first-order valence-electron chi connectivity index (χ1n) is 4.59. The molecule has 1 rings (SSSR count). The third-order valence-electron chi connectivity index (χ3n) is 1.40. The highest BCUT2D eigenvalue weighted by atomic mass is 19.1. The molecule has 2 heteroatoms. The summed E-state index contributed by atoms with van der Waals surface area (Å²) in [5, 5.41) is 0. The molecule has 13 heavy (non-hydrogen) atoms. The molecule has 0 fully saturated rings. The van der Waals surface area contributed by atoms with Gasteiger partial charge in [0.25, 0.3) is 0 Å². The quantitative estimate of drug-likeness (QED) is 0.623. The van der Waals surface area contributed by atoms with Crippen LogP contribution >= 0.6 is 0 Å². The summed E-state index contributed by atoms with van der Waals surface area (Å²) in [5.74, 6) is -0.975. The van der Waals surface area contributed by atoms with Crippen LogP contribution < -0.4 is 0 Å². The molecule has 0 aliphatic heterocycles. The summed E-state index contributed by atoms with van der Waals surface area (Å²) in [4.78, 5) is 0. The first kappa shape index (κ1) is 12.1. The standard InChI is InChI=1S/C8H8F2.C3H8/c1-2-6-3-4-7(9)5-8(6)10;1-3-2/h3-5H,2H2,1H3;3H2,1-2H3. The van der Waals surface area contributed by atoms with Gasteiger partial charge in [0.15, 0.2) is 0 Å². The van der Waals surface area contributed by atoms with Crippen molar-refractivity contribution in [1.29, 1.82) is 0 Å². The Kier molecular flexibility index (Phi) is 6.11. The van der Waals surface area contributed by atoms with E-state index in [1.165, 1.54) is 18.6 Å². The van der Waals surface area contributed by atoms with Crippen molar-refractivity contribution in [3.63, 3.8) is 0 Å². The van der Waals surface area contributed by atoms with Crippen LogP contribution in [0.5, 0.6) is 0 Å². The van der Waals surface area contributed by atoms with Gasteiger partial charge < -0.3 is 0 Å². The monoisotopic (exact) mass is 186 g/mol. The maximum Gasteiger partial charge on any atom is 0.129 e. The molecule has 0 heterocycles. The molecular weight excluding hydrogens is 170 g/mol. The Hall–Kier alpha value is -0.920. The van der Waals surface area contributed by atoms with Crippen molar-refractivity contribution in [1.82, 2.24) is 0 Å². The van der Waals surface area contributed by atoms with Crippen LogP contribution in [0.4, 0.5) is 8.78 Å². The van der Waals surface area contributed by atoms with E-state index >= 15 is 0 Å². The second kappa shape index (κ2) is 6.58. The lowest BCUT2D eigenvalue weighted by molar-refractivity contribution is 0.573. The Morgan fingerprint density at radius 3 is 2.00 bits per heavy atom. The molecule has 0 saturated heterocycles. The van der Waals surface area contributed by atoms with E-state index in [1.54, 1.807) is 0 Å². The first-order chi connectivity index (χ1) is 6.15. The Labute approximate surface area is 78.6 Å². The number of aryl methyl sites for hydroxylation is 1. The lowest BCUT2D eigenvalue weighted by Crippen LogP contribution is -1.87. The smallest absolute Gasteiger partial charge is 0.129 e. The van der Waals surface area contributed by atoms with Gasteiger partial charge in [-0.1, -0.05) is 33.3 Å². The number of hydrogen-bond acceptors (Lipinski definition) is 0. The van der Waals surface area contributed by atoms with Crippen LogP contribution in [0.25, 0.3) is 0 Å². The molecule has 0 bridgehead atoms. The van der Waals surface area contributed by atoms with Gasteiger partial charge in [0.1, 0.15) is 11.6 Å². The van der Waals surface area contributed by atoms with Gasteiger partial charge in [-0.15, -0.1) is 0 Å². The lowest BCUT2D eigenvalue weighted by atomic mass is 10.1. The molecule has 0 saturated carbocycles. The minimum Gasteiger partial charge on any atom is -0.207 e. The van der Waals surface area contributed by atoms with Crippen molar-refractivity contribution in [2.24, 2.45) is 0 Å². The molecule has 0 unspecified atom stereocenters. The summed E-state index contributed by atoms with van der Waals surface area (Å²) in [6.07, 6.45) is 1.85. The molecule has 0 N–H and O–H groups in total. The van der Waals surface area contributed by atoms with Gasteiger partial charge >= 0.3 is 0 Å². The second-order valence-corrected chi connectivity index (χ2v) is 2.80. The van der Waals surface area contributed by atoms with Crippen LogP contribution in [-0.2, 0) is 6.42 Å². The maximum atomic E-state index is 12.6. The zero-order chi connectivity index (χ0) is 10.3. The highest BCUT2D eigenvalue weighted by Gasteiger charge is 1.99. The van der Waals surface area contributed by atoms with Crippen LogP contribution in [0, 0.1) is 11.6 Å². The predicted molar refractivity (Wildman–Crippen MR) is 51.7 cm³/mol. The van der Waals surface area contributed by atoms with Crippen molar-refractivity contribution >= 4 is 0 Å². The molecule has 1 aromatic carbocycles. The maximum absolute atomic E-state index is 12.6. The average molecular weight is 186 g/mol. The van der Waals surface area contributed by atoms with E-state index in [4.69, 9.17) is 0 Å². The van der Waals surface area contributed by atoms with E-state index in [0.29, 0.717) is 12.0 Å². The predicted octanol–water partition coefficient (Wildman–Crippen LogP) is 3.94. The van der Waals surface area contributed by atoms with E-state index < -0.39 is 11.6 Å². The van der Waals surface area contributed by atoms with Crippen LogP contribution in [0.2, 0.25) is 0 Å². The normalized spacial score (nSPS) is 9.00. The Bertz CT molecular complexity index is 244. The third-order valence-corrected chi connectivity index (χ3v) is 1.40. The highest BCUT2D eigenvalue weighted by Crippen LogP contribution is 2.09. The van der Waals surface area contributed by atoms with E-state index in [2.05, 4.69) is 13.8 Å². The van der Waals surface area contributed by atoms with E-state index in [1.807, 2.05) is 6.92 Å². The van der Waals surface area contributed by atoms with Gasteiger partial charge in [-0.05, 0) is 18.1 Å². The molecule has 0 nitrogen and oxygen atoms in total. The van der Waals surface area contributed by atoms with Gasteiger partial charge in [0, 0.05) is 6.07 Å². The molecule has 0 aliphatic carbocycles. The second-order valence-electron chi connectivity index (χ2n) is 2.80. The SMILES string of the molecule is CCC.CCc1ccc(F)cc1F. The van der Waals surface area contributed by atoms with Crippen molar-refractivity contribution in [2.45, 2.75) is 33.6 Å². The summed E-state index contributed by atoms with van der Waals surface area (Å²) in [6, 6.07) is 3.63. The average Bonchev–Trinajstić information content (AvgIpc) is 2.06. The van der Waals surface area contributed by atoms with Crippen LogP contribution in [0.3, 0.4) is 0 Å². The van der Waals surface area contributed by atoms with Gasteiger partial charge in [-0.3, -0.25) is 0 Å². The summed E-state index contributed by atoms with van der Waals surface area (Å²) >= 11 is 0. The van der Waals surface area contributed by atoms with Crippen LogP contribution in [0.1, 0.15) is 32.8 Å². The van der Waals surface area contributed by atoms with Gasteiger partial charge in [0.05, 0.1) is 0 Å². The number of benzene rings is 1. The minimum atomic E-state index is -0.519. The van der Waals surface area contributed by atoms with E-state index in [9.17, 15) is 8.78 Å². The minimum absolute atomic E-state index is 0.456. The molecule has 0 aromatic heterocycles. The summed E-state index contributed by atoms with van der Waals surface area (Å²) in [5.41, 5.74) is 0.557. The summed E-state index contributed by atoms with van der Waals surface area (Å²) in [6.45, 7) is 6.08. The van der Waals surface area contributed by atoms with Crippen LogP contribution in [0.15, 0.2) is 18.2 Å². The molecule has 1 aromatic rings. The highest BCUT2D eigenvalue weighted by molar-refractivity contribution is 5.17.